The number of aryl methyl sites for hydroxylation is 3. The van der Waals surface area contributed by atoms with E-state index >= 15 is 0 Å². The molecule has 222 valence electrons. The minimum atomic E-state index is -0.0865. The van der Waals surface area contributed by atoms with E-state index in [1.54, 1.807) is 10.9 Å². The molecule has 13 nitrogen and oxygen atoms in total. The normalized spacial score (nSPS) is 15.1. The predicted molar refractivity (Wildman–Crippen MR) is 166 cm³/mol. The number of aromatic amines is 1. The van der Waals surface area contributed by atoms with Crippen molar-refractivity contribution in [3.63, 3.8) is 0 Å². The lowest BCUT2D eigenvalue weighted by Crippen LogP contribution is -2.33. The van der Waals surface area contributed by atoms with Crippen LogP contribution in [0.15, 0.2) is 49.1 Å². The number of hydrogen-bond acceptors (Lipinski definition) is 10. The highest BCUT2D eigenvalue weighted by Gasteiger charge is 2.26. The third kappa shape index (κ3) is 6.11. The van der Waals surface area contributed by atoms with Gasteiger partial charge in [0.25, 0.3) is 0 Å². The summed E-state index contributed by atoms with van der Waals surface area (Å²) in [6, 6.07) is 9.62. The van der Waals surface area contributed by atoms with Crippen molar-refractivity contribution in [3.05, 3.63) is 60.3 Å². The Hall–Kier alpha value is -5.04. The highest BCUT2D eigenvalue weighted by Crippen LogP contribution is 2.33. The molecular formula is C30H35N11O2. The summed E-state index contributed by atoms with van der Waals surface area (Å²) >= 11 is 0. The molecule has 1 aliphatic heterocycles. The lowest BCUT2D eigenvalue weighted by molar-refractivity contribution is -0.117. The molecule has 1 amide bonds. The second-order valence-corrected chi connectivity index (χ2v) is 11.0. The lowest BCUT2D eigenvalue weighted by atomic mass is 10.1. The van der Waals surface area contributed by atoms with Gasteiger partial charge in [-0.2, -0.15) is 5.10 Å². The van der Waals surface area contributed by atoms with E-state index in [1.807, 2.05) is 76.4 Å². The number of anilines is 4. The number of ether oxygens (including phenoxy) is 1. The van der Waals surface area contributed by atoms with Gasteiger partial charge in [-0.25, -0.2) is 19.9 Å². The first-order chi connectivity index (χ1) is 20.7. The summed E-state index contributed by atoms with van der Waals surface area (Å²) in [5.74, 6) is 2.38. The number of fused-ring (bicyclic) bond motifs is 1. The molecule has 5 heterocycles. The third-order valence-electron chi connectivity index (χ3n) is 7.54. The van der Waals surface area contributed by atoms with Crippen LogP contribution in [-0.2, 0) is 11.8 Å². The van der Waals surface area contributed by atoms with Gasteiger partial charge in [0.15, 0.2) is 5.82 Å². The van der Waals surface area contributed by atoms with E-state index in [1.165, 1.54) is 6.33 Å². The van der Waals surface area contributed by atoms with Crippen LogP contribution in [-0.4, -0.2) is 85.3 Å². The summed E-state index contributed by atoms with van der Waals surface area (Å²) in [4.78, 5) is 38.2. The Kier molecular flexibility index (Phi) is 7.63. The number of amides is 1. The molecule has 6 rings (SSSR count). The summed E-state index contributed by atoms with van der Waals surface area (Å²) < 4.78 is 7.88. The number of likely N-dealkylation sites (tertiary alicyclic amines) is 1. The van der Waals surface area contributed by atoms with Crippen LogP contribution in [0, 0.1) is 13.8 Å². The molecule has 0 aliphatic carbocycles. The van der Waals surface area contributed by atoms with E-state index in [4.69, 9.17) is 9.72 Å². The van der Waals surface area contributed by atoms with Crippen molar-refractivity contribution in [1.82, 2.24) is 39.6 Å². The Bertz CT molecular complexity index is 1760. The summed E-state index contributed by atoms with van der Waals surface area (Å²) in [5, 5.41) is 11.7. The Morgan fingerprint density at radius 1 is 1.19 bits per heavy atom. The minimum Gasteiger partial charge on any atom is -0.473 e. The number of H-pyrrole nitrogens is 1. The molecule has 1 atom stereocenters. The van der Waals surface area contributed by atoms with E-state index in [9.17, 15) is 4.79 Å². The van der Waals surface area contributed by atoms with Gasteiger partial charge in [-0.05, 0) is 31.9 Å². The number of carbonyl (C=O) groups is 1. The van der Waals surface area contributed by atoms with Crippen LogP contribution in [0.5, 0.6) is 5.88 Å². The molecule has 1 fully saturated rings. The maximum absolute atomic E-state index is 13.1. The van der Waals surface area contributed by atoms with Crippen LogP contribution in [0.4, 0.5) is 23.3 Å². The lowest BCUT2D eigenvalue weighted by Gasteiger charge is -2.17. The number of para-hydroxylation sites is 1. The van der Waals surface area contributed by atoms with Crippen LogP contribution in [0.2, 0.25) is 0 Å². The summed E-state index contributed by atoms with van der Waals surface area (Å²) in [6.45, 7) is 5.65. The molecule has 5 aromatic rings. The van der Waals surface area contributed by atoms with Crippen LogP contribution >= 0.6 is 0 Å². The second-order valence-electron chi connectivity index (χ2n) is 11.0. The van der Waals surface area contributed by atoms with E-state index in [0.29, 0.717) is 29.9 Å². The molecule has 1 unspecified atom stereocenters. The van der Waals surface area contributed by atoms with E-state index < -0.39 is 0 Å². The van der Waals surface area contributed by atoms with Crippen molar-refractivity contribution in [2.45, 2.75) is 26.4 Å². The summed E-state index contributed by atoms with van der Waals surface area (Å²) in [7, 11) is 5.74. The van der Waals surface area contributed by atoms with Crippen molar-refractivity contribution in [2.75, 3.05) is 49.3 Å². The molecule has 4 aromatic heterocycles. The number of aromatic nitrogens is 7. The maximum atomic E-state index is 13.1. The van der Waals surface area contributed by atoms with Gasteiger partial charge in [0, 0.05) is 75.4 Å². The SMILES string of the molecule is Cc1cnc(Nc2cc(C)n(C)n2)nc1-c1c[nH]c2c(NC(=O)CN3CCC(Oc4cc(N(C)C)ncn4)C3)cccc12. The highest BCUT2D eigenvalue weighted by molar-refractivity contribution is 6.06. The molecule has 0 spiro atoms. The molecule has 13 heteroatoms. The second kappa shape index (κ2) is 11.7. The van der Waals surface area contributed by atoms with Gasteiger partial charge < -0.3 is 25.3 Å². The largest absolute Gasteiger partial charge is 0.473 e. The molecular weight excluding hydrogens is 546 g/mol. The fourth-order valence-electron chi connectivity index (χ4n) is 5.21. The zero-order valence-electron chi connectivity index (χ0n) is 24.9. The highest BCUT2D eigenvalue weighted by atomic mass is 16.5. The van der Waals surface area contributed by atoms with E-state index in [2.05, 4.69) is 40.6 Å². The zero-order valence-corrected chi connectivity index (χ0v) is 24.9. The fourth-order valence-corrected chi connectivity index (χ4v) is 5.21. The predicted octanol–water partition coefficient (Wildman–Crippen LogP) is 3.67. The topological polar surface area (TPSA) is 142 Å². The van der Waals surface area contributed by atoms with Gasteiger partial charge in [-0.1, -0.05) is 12.1 Å². The maximum Gasteiger partial charge on any atom is 0.238 e. The summed E-state index contributed by atoms with van der Waals surface area (Å²) in [5.41, 5.74) is 5.23. The number of rotatable bonds is 9. The minimum absolute atomic E-state index is 0.0377. The average molecular weight is 582 g/mol. The molecule has 3 N–H and O–H groups in total. The molecule has 1 saturated heterocycles. The number of nitrogens with one attached hydrogen (secondary N) is 3. The summed E-state index contributed by atoms with van der Waals surface area (Å²) in [6.07, 6.45) is 6.00. The fraction of sp³-hybridized carbons (Fsp3) is 0.333. The van der Waals surface area contributed by atoms with Gasteiger partial charge in [0.2, 0.25) is 17.7 Å². The Labute approximate surface area is 249 Å². The van der Waals surface area contributed by atoms with Crippen LogP contribution in [0.25, 0.3) is 22.2 Å². The Morgan fingerprint density at radius 3 is 2.84 bits per heavy atom. The zero-order chi connectivity index (χ0) is 30.1. The van der Waals surface area contributed by atoms with Gasteiger partial charge in [-0.15, -0.1) is 0 Å². The molecule has 43 heavy (non-hydrogen) atoms. The molecule has 1 aliphatic rings. The van der Waals surface area contributed by atoms with Crippen molar-refractivity contribution >= 4 is 40.1 Å². The van der Waals surface area contributed by atoms with Gasteiger partial charge in [-0.3, -0.25) is 14.4 Å². The number of carbonyl (C=O) groups excluding carboxylic acids is 1. The number of hydrogen-bond donors (Lipinski definition) is 3. The first-order valence-electron chi connectivity index (χ1n) is 14.1. The Morgan fingerprint density at radius 2 is 2.05 bits per heavy atom. The third-order valence-corrected chi connectivity index (χ3v) is 7.54. The monoisotopic (exact) mass is 581 g/mol. The average Bonchev–Trinajstić information content (AvgIpc) is 3.69. The van der Waals surface area contributed by atoms with E-state index in [-0.39, 0.29) is 18.6 Å². The first-order valence-corrected chi connectivity index (χ1v) is 14.1. The van der Waals surface area contributed by atoms with Crippen LogP contribution in [0.1, 0.15) is 17.7 Å². The van der Waals surface area contributed by atoms with Crippen molar-refractivity contribution < 1.29 is 9.53 Å². The first kappa shape index (κ1) is 28.1. The van der Waals surface area contributed by atoms with Crippen LogP contribution in [0.3, 0.4) is 0 Å². The molecule has 1 aromatic carbocycles. The smallest absolute Gasteiger partial charge is 0.238 e. The molecule has 0 radical (unpaired) electrons. The van der Waals surface area contributed by atoms with Crippen molar-refractivity contribution in [2.24, 2.45) is 7.05 Å². The van der Waals surface area contributed by atoms with Crippen LogP contribution < -0.4 is 20.3 Å². The van der Waals surface area contributed by atoms with Crippen molar-refractivity contribution in [3.8, 4) is 17.1 Å². The van der Waals surface area contributed by atoms with Gasteiger partial charge >= 0.3 is 0 Å². The van der Waals surface area contributed by atoms with Gasteiger partial charge in [0.05, 0.1) is 23.4 Å². The standard InChI is InChI=1S/C30H35N11O2/c1-18-13-32-30(36-24-11-19(2)40(5)38-24)37-28(18)22-14-31-29-21(22)7-6-8-23(29)35-26(42)16-41-10-9-20(15-41)43-27-12-25(39(3)4)33-17-34-27/h6-8,11-14,17,20,31H,9-10,15-16H2,1-5H3,(H,35,42)(H,32,36,37,38). The quantitative estimate of drug-likeness (QED) is 0.236. The van der Waals surface area contributed by atoms with E-state index in [0.717, 1.165) is 52.2 Å². The molecule has 0 saturated carbocycles. The Balaban J connectivity index is 1.12. The van der Waals surface area contributed by atoms with Gasteiger partial charge in [0.1, 0.15) is 18.2 Å². The number of nitrogens with zero attached hydrogens (tertiary/aromatic N) is 8. The van der Waals surface area contributed by atoms with Crippen molar-refractivity contribution in [1.29, 1.82) is 0 Å². The molecule has 0 bridgehead atoms. The number of benzene rings is 1.